The van der Waals surface area contributed by atoms with Gasteiger partial charge in [-0.05, 0) is 31.4 Å². The Balaban J connectivity index is 2.84. The molecule has 102 valence electrons. The molecule has 0 aromatic carbocycles. The van der Waals surface area contributed by atoms with E-state index in [-0.39, 0.29) is 5.56 Å². The Labute approximate surface area is 109 Å². The van der Waals surface area contributed by atoms with Gasteiger partial charge >= 0.3 is 0 Å². The van der Waals surface area contributed by atoms with Crippen LogP contribution in [0.15, 0.2) is 10.9 Å². The second-order valence-electron chi connectivity index (χ2n) is 5.72. The van der Waals surface area contributed by atoms with Gasteiger partial charge < -0.3 is 5.32 Å². The van der Waals surface area contributed by atoms with Gasteiger partial charge in [0.05, 0.1) is 5.69 Å². The maximum Gasteiger partial charge on any atom is 0.271 e. The monoisotopic (exact) mass is 251 g/mol. The van der Waals surface area contributed by atoms with Crippen LogP contribution in [-0.2, 0) is 13.1 Å². The van der Waals surface area contributed by atoms with Crippen LogP contribution in [0.25, 0.3) is 0 Å². The van der Waals surface area contributed by atoms with Crippen molar-refractivity contribution in [1.29, 1.82) is 0 Å². The molecule has 0 aliphatic heterocycles. The molecule has 1 N–H and O–H groups in total. The van der Waals surface area contributed by atoms with Gasteiger partial charge in [0, 0.05) is 18.7 Å². The van der Waals surface area contributed by atoms with Gasteiger partial charge in [-0.3, -0.25) is 4.79 Å². The summed E-state index contributed by atoms with van der Waals surface area (Å²) in [5.74, 6) is 1.01. The summed E-state index contributed by atoms with van der Waals surface area (Å²) in [6.45, 7) is 12.6. The lowest BCUT2D eigenvalue weighted by Gasteiger charge is -2.12. The first-order valence-corrected chi connectivity index (χ1v) is 6.68. The van der Waals surface area contributed by atoms with Gasteiger partial charge in [-0.1, -0.05) is 27.7 Å². The Hall–Kier alpha value is -1.16. The summed E-state index contributed by atoms with van der Waals surface area (Å²) in [5.41, 5.74) is 1.74. The standard InChI is InChI=1S/C14H25N3O/c1-10(2)7-15-8-13-6-12(5)16-17(14(13)18)9-11(3)4/h6,10-11,15H,7-9H2,1-5H3. The molecule has 0 radical (unpaired) electrons. The number of rotatable bonds is 6. The van der Waals surface area contributed by atoms with Crippen molar-refractivity contribution in [1.82, 2.24) is 15.1 Å². The molecule has 0 atom stereocenters. The van der Waals surface area contributed by atoms with Crippen LogP contribution >= 0.6 is 0 Å². The first kappa shape index (κ1) is 14.9. The van der Waals surface area contributed by atoms with Crippen LogP contribution in [0.4, 0.5) is 0 Å². The predicted octanol–water partition coefficient (Wildman–Crippen LogP) is 1.95. The minimum Gasteiger partial charge on any atom is -0.312 e. The molecule has 0 saturated heterocycles. The van der Waals surface area contributed by atoms with Gasteiger partial charge in [0.2, 0.25) is 0 Å². The van der Waals surface area contributed by atoms with Crippen LogP contribution in [0, 0.1) is 18.8 Å². The normalized spacial score (nSPS) is 11.5. The topological polar surface area (TPSA) is 46.9 Å². The highest BCUT2D eigenvalue weighted by atomic mass is 16.1. The van der Waals surface area contributed by atoms with Crippen molar-refractivity contribution >= 4 is 0 Å². The smallest absolute Gasteiger partial charge is 0.271 e. The van der Waals surface area contributed by atoms with Crippen LogP contribution < -0.4 is 10.9 Å². The van der Waals surface area contributed by atoms with Gasteiger partial charge in [0.15, 0.2) is 0 Å². The molecule has 0 amide bonds. The van der Waals surface area contributed by atoms with E-state index in [1.807, 2.05) is 13.0 Å². The summed E-state index contributed by atoms with van der Waals surface area (Å²) < 4.78 is 1.59. The quantitative estimate of drug-likeness (QED) is 0.840. The molecule has 0 aliphatic carbocycles. The zero-order valence-electron chi connectivity index (χ0n) is 12.2. The maximum atomic E-state index is 12.2. The molecule has 1 aromatic rings. The molecular formula is C14H25N3O. The fourth-order valence-electron chi connectivity index (χ4n) is 1.84. The van der Waals surface area contributed by atoms with Gasteiger partial charge in [-0.15, -0.1) is 0 Å². The number of aryl methyl sites for hydroxylation is 1. The molecule has 0 aliphatic rings. The first-order valence-electron chi connectivity index (χ1n) is 6.68. The van der Waals surface area contributed by atoms with E-state index in [0.717, 1.165) is 17.8 Å². The highest BCUT2D eigenvalue weighted by Gasteiger charge is 2.08. The maximum absolute atomic E-state index is 12.2. The summed E-state index contributed by atoms with van der Waals surface area (Å²) in [6, 6.07) is 1.88. The summed E-state index contributed by atoms with van der Waals surface area (Å²) >= 11 is 0. The number of hydrogen-bond donors (Lipinski definition) is 1. The van der Waals surface area contributed by atoms with Crippen molar-refractivity contribution in [2.75, 3.05) is 6.54 Å². The summed E-state index contributed by atoms with van der Waals surface area (Å²) in [4.78, 5) is 12.2. The lowest BCUT2D eigenvalue weighted by atomic mass is 10.2. The van der Waals surface area contributed by atoms with Crippen LogP contribution in [0.3, 0.4) is 0 Å². The van der Waals surface area contributed by atoms with Gasteiger partial charge in [-0.25, -0.2) is 4.68 Å². The zero-order chi connectivity index (χ0) is 13.7. The average Bonchev–Trinajstić information content (AvgIpc) is 2.23. The number of nitrogens with zero attached hydrogens (tertiary/aromatic N) is 2. The van der Waals surface area contributed by atoms with E-state index in [1.165, 1.54) is 0 Å². The SMILES string of the molecule is Cc1cc(CNCC(C)C)c(=O)n(CC(C)C)n1. The minimum atomic E-state index is 0.0329. The summed E-state index contributed by atoms with van der Waals surface area (Å²) in [6.07, 6.45) is 0. The van der Waals surface area contributed by atoms with Crippen molar-refractivity contribution < 1.29 is 0 Å². The van der Waals surface area contributed by atoms with Crippen LogP contribution in [0.2, 0.25) is 0 Å². The van der Waals surface area contributed by atoms with Crippen molar-refractivity contribution in [3.8, 4) is 0 Å². The van der Waals surface area contributed by atoms with E-state index >= 15 is 0 Å². The fraction of sp³-hybridized carbons (Fsp3) is 0.714. The highest BCUT2D eigenvalue weighted by molar-refractivity contribution is 5.12. The largest absolute Gasteiger partial charge is 0.312 e. The molecular weight excluding hydrogens is 226 g/mol. The fourth-order valence-corrected chi connectivity index (χ4v) is 1.84. The van der Waals surface area contributed by atoms with Crippen molar-refractivity contribution in [2.45, 2.75) is 47.7 Å². The Bertz CT molecular complexity index is 435. The van der Waals surface area contributed by atoms with Crippen LogP contribution in [0.5, 0.6) is 0 Å². The Kier molecular flexibility index (Phi) is 5.54. The number of aromatic nitrogens is 2. The van der Waals surface area contributed by atoms with E-state index in [9.17, 15) is 4.79 Å². The Morgan fingerprint density at radius 1 is 1.28 bits per heavy atom. The van der Waals surface area contributed by atoms with Crippen molar-refractivity contribution in [3.05, 3.63) is 27.7 Å². The average molecular weight is 251 g/mol. The number of nitrogens with one attached hydrogen (secondary N) is 1. The van der Waals surface area contributed by atoms with E-state index in [0.29, 0.717) is 24.9 Å². The molecule has 0 saturated carbocycles. The lowest BCUT2D eigenvalue weighted by Crippen LogP contribution is -2.31. The summed E-state index contributed by atoms with van der Waals surface area (Å²) in [7, 11) is 0. The minimum absolute atomic E-state index is 0.0329. The molecule has 0 unspecified atom stereocenters. The molecule has 0 fully saturated rings. The first-order chi connectivity index (χ1) is 8.40. The third kappa shape index (κ3) is 4.61. The van der Waals surface area contributed by atoms with Crippen LogP contribution in [-0.4, -0.2) is 16.3 Å². The third-order valence-electron chi connectivity index (χ3n) is 2.58. The summed E-state index contributed by atoms with van der Waals surface area (Å²) in [5, 5.41) is 7.60. The van der Waals surface area contributed by atoms with Crippen molar-refractivity contribution in [3.63, 3.8) is 0 Å². The Morgan fingerprint density at radius 3 is 2.50 bits per heavy atom. The Morgan fingerprint density at radius 2 is 1.94 bits per heavy atom. The highest BCUT2D eigenvalue weighted by Crippen LogP contribution is 1.99. The molecule has 0 spiro atoms. The molecule has 1 rings (SSSR count). The molecule has 4 nitrogen and oxygen atoms in total. The molecule has 18 heavy (non-hydrogen) atoms. The second-order valence-corrected chi connectivity index (χ2v) is 5.72. The number of hydrogen-bond acceptors (Lipinski definition) is 3. The van der Waals surface area contributed by atoms with E-state index < -0.39 is 0 Å². The van der Waals surface area contributed by atoms with Gasteiger partial charge in [0.25, 0.3) is 5.56 Å². The predicted molar refractivity (Wildman–Crippen MR) is 74.6 cm³/mol. The third-order valence-corrected chi connectivity index (χ3v) is 2.58. The lowest BCUT2D eigenvalue weighted by molar-refractivity contribution is 0.454. The molecule has 4 heteroatoms. The van der Waals surface area contributed by atoms with Gasteiger partial charge in [-0.2, -0.15) is 5.10 Å². The van der Waals surface area contributed by atoms with Crippen LogP contribution in [0.1, 0.15) is 39.0 Å². The molecule has 1 heterocycles. The zero-order valence-corrected chi connectivity index (χ0v) is 12.2. The van der Waals surface area contributed by atoms with E-state index in [2.05, 4.69) is 38.1 Å². The second kappa shape index (κ2) is 6.69. The van der Waals surface area contributed by atoms with Gasteiger partial charge in [0.1, 0.15) is 0 Å². The van der Waals surface area contributed by atoms with Crippen molar-refractivity contribution in [2.24, 2.45) is 11.8 Å². The molecule has 1 aromatic heterocycles. The van der Waals surface area contributed by atoms with E-state index in [4.69, 9.17) is 0 Å². The molecule has 0 bridgehead atoms. The van der Waals surface area contributed by atoms with E-state index in [1.54, 1.807) is 4.68 Å².